The molecule has 0 aliphatic carbocycles. The van der Waals surface area contributed by atoms with Gasteiger partial charge in [0.05, 0.1) is 23.1 Å². The highest BCUT2D eigenvalue weighted by molar-refractivity contribution is 7.92. The Hall–Kier alpha value is -3.23. The molecule has 0 heterocycles. The molecule has 9 heteroatoms. The van der Waals surface area contributed by atoms with E-state index in [-0.39, 0.29) is 21.6 Å². The van der Waals surface area contributed by atoms with Crippen molar-refractivity contribution < 1.29 is 22.7 Å². The van der Waals surface area contributed by atoms with E-state index < -0.39 is 15.9 Å². The van der Waals surface area contributed by atoms with Gasteiger partial charge in [0.15, 0.2) is 11.5 Å². The number of halogens is 1. The zero-order valence-corrected chi connectivity index (χ0v) is 19.3. The molecule has 3 aromatic carbocycles. The Morgan fingerprint density at radius 2 is 1.62 bits per heavy atom. The Bertz CT molecular complexity index is 1200. The van der Waals surface area contributed by atoms with E-state index in [1.54, 1.807) is 30.3 Å². The summed E-state index contributed by atoms with van der Waals surface area (Å²) in [5.74, 6) is 0.269. The minimum Gasteiger partial charge on any atom is -0.493 e. The quantitative estimate of drug-likeness (QED) is 0.468. The Labute approximate surface area is 192 Å². The third kappa shape index (κ3) is 5.72. The summed E-state index contributed by atoms with van der Waals surface area (Å²) in [4.78, 5) is 12.8. The highest BCUT2D eigenvalue weighted by atomic mass is 35.5. The summed E-state index contributed by atoms with van der Waals surface area (Å²) < 4.78 is 38.5. The maximum atomic E-state index is 12.7. The zero-order chi connectivity index (χ0) is 23.3. The lowest BCUT2D eigenvalue weighted by atomic mass is 10.1. The minimum atomic E-state index is -3.75. The molecule has 7 nitrogen and oxygen atoms in total. The first kappa shape index (κ1) is 23.4. The van der Waals surface area contributed by atoms with E-state index in [1.165, 1.54) is 43.5 Å². The van der Waals surface area contributed by atoms with Crippen molar-refractivity contribution in [1.29, 1.82) is 0 Å². The second-order valence-electron chi connectivity index (χ2n) is 7.11. The molecule has 0 atom stereocenters. The summed E-state index contributed by atoms with van der Waals surface area (Å²) in [5.41, 5.74) is 1.15. The number of ether oxygens (including phenoxy) is 2. The van der Waals surface area contributed by atoms with Crippen LogP contribution in [0.25, 0.3) is 0 Å². The van der Waals surface area contributed by atoms with Crippen LogP contribution in [0.3, 0.4) is 0 Å². The standard InChI is InChI=1S/C23H23ClN2O5S/c1-15(2)31-22-20(24)13-16(14-21(22)30-3)23(27)25-17-9-11-19(12-10-17)32(28,29)26-18-7-5-4-6-8-18/h4-15,26H,1-3H3,(H,25,27). The van der Waals surface area contributed by atoms with Gasteiger partial charge in [-0.05, 0) is 62.4 Å². The number of methoxy groups -OCH3 is 1. The van der Waals surface area contributed by atoms with Gasteiger partial charge in [0.25, 0.3) is 15.9 Å². The molecule has 32 heavy (non-hydrogen) atoms. The molecule has 0 unspecified atom stereocenters. The van der Waals surface area contributed by atoms with Crippen molar-refractivity contribution in [2.24, 2.45) is 0 Å². The lowest BCUT2D eigenvalue weighted by Crippen LogP contribution is -2.14. The number of anilines is 2. The van der Waals surface area contributed by atoms with E-state index in [2.05, 4.69) is 10.0 Å². The van der Waals surface area contributed by atoms with E-state index in [9.17, 15) is 13.2 Å². The SMILES string of the molecule is COc1cc(C(=O)Nc2ccc(S(=O)(=O)Nc3ccccc3)cc2)cc(Cl)c1OC(C)C. The number of sulfonamides is 1. The van der Waals surface area contributed by atoms with Crippen molar-refractivity contribution in [1.82, 2.24) is 0 Å². The third-order valence-electron chi connectivity index (χ3n) is 4.29. The number of para-hydroxylation sites is 1. The minimum absolute atomic E-state index is 0.0688. The average Bonchev–Trinajstić information content (AvgIpc) is 2.75. The van der Waals surface area contributed by atoms with Crippen LogP contribution in [0.15, 0.2) is 71.6 Å². The van der Waals surface area contributed by atoms with Gasteiger partial charge < -0.3 is 14.8 Å². The van der Waals surface area contributed by atoms with Crippen LogP contribution in [0.5, 0.6) is 11.5 Å². The first-order valence-corrected chi connectivity index (χ1v) is 11.6. The zero-order valence-electron chi connectivity index (χ0n) is 17.8. The van der Waals surface area contributed by atoms with Crippen LogP contribution in [0.4, 0.5) is 11.4 Å². The smallest absolute Gasteiger partial charge is 0.261 e. The fourth-order valence-corrected chi connectivity index (χ4v) is 4.16. The molecule has 0 aliphatic heterocycles. The Kier molecular flexibility index (Phi) is 7.27. The molecule has 0 bridgehead atoms. The number of amides is 1. The fraction of sp³-hybridized carbons (Fsp3) is 0.174. The molecule has 2 N–H and O–H groups in total. The molecule has 0 aromatic heterocycles. The van der Waals surface area contributed by atoms with Gasteiger partial charge in [-0.3, -0.25) is 9.52 Å². The van der Waals surface area contributed by atoms with Crippen molar-refractivity contribution in [3.63, 3.8) is 0 Å². The highest BCUT2D eigenvalue weighted by Crippen LogP contribution is 2.37. The molecule has 0 saturated carbocycles. The van der Waals surface area contributed by atoms with Gasteiger partial charge in [-0.1, -0.05) is 29.8 Å². The summed E-state index contributed by atoms with van der Waals surface area (Å²) in [6, 6.07) is 17.4. The van der Waals surface area contributed by atoms with E-state index in [0.717, 1.165) is 0 Å². The first-order chi connectivity index (χ1) is 15.2. The molecule has 0 aliphatic rings. The summed E-state index contributed by atoms with van der Waals surface area (Å²) >= 11 is 6.28. The molecule has 0 fully saturated rings. The van der Waals surface area contributed by atoms with Crippen LogP contribution in [0.2, 0.25) is 5.02 Å². The Morgan fingerprint density at radius 3 is 2.22 bits per heavy atom. The van der Waals surface area contributed by atoms with Gasteiger partial charge in [0.2, 0.25) is 0 Å². The third-order valence-corrected chi connectivity index (χ3v) is 5.97. The summed E-state index contributed by atoms with van der Waals surface area (Å²) in [5, 5.41) is 2.96. The number of benzene rings is 3. The monoisotopic (exact) mass is 474 g/mol. The molecule has 168 valence electrons. The van der Waals surface area contributed by atoms with Crippen molar-refractivity contribution >= 4 is 38.9 Å². The number of hydrogen-bond acceptors (Lipinski definition) is 5. The summed E-state index contributed by atoms with van der Waals surface area (Å²) in [7, 11) is -2.29. The predicted octanol–water partition coefficient (Wildman–Crippen LogP) is 5.19. The molecule has 0 saturated heterocycles. The van der Waals surface area contributed by atoms with Gasteiger partial charge in [0, 0.05) is 16.9 Å². The number of carbonyl (C=O) groups excluding carboxylic acids is 1. The normalized spacial score (nSPS) is 11.2. The van der Waals surface area contributed by atoms with Crippen molar-refractivity contribution in [2.45, 2.75) is 24.8 Å². The van der Waals surface area contributed by atoms with Crippen molar-refractivity contribution in [2.75, 3.05) is 17.1 Å². The lowest BCUT2D eigenvalue weighted by molar-refractivity contribution is 0.102. The second kappa shape index (κ2) is 9.93. The number of carbonyl (C=O) groups is 1. The molecule has 0 radical (unpaired) electrons. The molecule has 0 spiro atoms. The van der Waals surface area contributed by atoms with Crippen molar-refractivity contribution in [3.05, 3.63) is 77.3 Å². The maximum absolute atomic E-state index is 12.7. The largest absolute Gasteiger partial charge is 0.493 e. The Morgan fingerprint density at radius 1 is 0.969 bits per heavy atom. The maximum Gasteiger partial charge on any atom is 0.261 e. The molecular formula is C23H23ClN2O5S. The predicted molar refractivity (Wildman–Crippen MR) is 125 cm³/mol. The topological polar surface area (TPSA) is 93.7 Å². The number of nitrogens with one attached hydrogen (secondary N) is 2. The van der Waals surface area contributed by atoms with Crippen LogP contribution in [0.1, 0.15) is 24.2 Å². The first-order valence-electron chi connectivity index (χ1n) is 9.73. The Balaban J connectivity index is 1.75. The van der Waals surface area contributed by atoms with E-state index >= 15 is 0 Å². The van der Waals surface area contributed by atoms with E-state index in [0.29, 0.717) is 22.9 Å². The van der Waals surface area contributed by atoms with Gasteiger partial charge in [0.1, 0.15) is 0 Å². The average molecular weight is 475 g/mol. The van der Waals surface area contributed by atoms with Crippen LogP contribution >= 0.6 is 11.6 Å². The van der Waals surface area contributed by atoms with E-state index in [4.69, 9.17) is 21.1 Å². The molecule has 3 rings (SSSR count). The van der Waals surface area contributed by atoms with Crippen LogP contribution in [0, 0.1) is 0 Å². The van der Waals surface area contributed by atoms with Gasteiger partial charge in [-0.2, -0.15) is 0 Å². The van der Waals surface area contributed by atoms with Crippen LogP contribution < -0.4 is 19.5 Å². The van der Waals surface area contributed by atoms with Gasteiger partial charge in [-0.25, -0.2) is 8.42 Å². The number of hydrogen-bond donors (Lipinski definition) is 2. The fourth-order valence-electron chi connectivity index (χ4n) is 2.84. The molecule has 3 aromatic rings. The van der Waals surface area contributed by atoms with Crippen molar-refractivity contribution in [3.8, 4) is 11.5 Å². The van der Waals surface area contributed by atoms with E-state index in [1.807, 2.05) is 13.8 Å². The summed E-state index contributed by atoms with van der Waals surface area (Å²) in [6.07, 6.45) is -0.118. The van der Waals surface area contributed by atoms with Crippen LogP contribution in [-0.2, 0) is 10.0 Å². The molecule has 1 amide bonds. The highest BCUT2D eigenvalue weighted by Gasteiger charge is 2.18. The summed E-state index contributed by atoms with van der Waals surface area (Å²) in [6.45, 7) is 3.71. The molecular weight excluding hydrogens is 452 g/mol. The number of rotatable bonds is 8. The van der Waals surface area contributed by atoms with Gasteiger partial charge in [-0.15, -0.1) is 0 Å². The van der Waals surface area contributed by atoms with Crippen LogP contribution in [-0.4, -0.2) is 27.5 Å². The van der Waals surface area contributed by atoms with Gasteiger partial charge >= 0.3 is 0 Å². The lowest BCUT2D eigenvalue weighted by Gasteiger charge is -2.16. The second-order valence-corrected chi connectivity index (χ2v) is 9.20.